The Bertz CT molecular complexity index is 444. The van der Waals surface area contributed by atoms with Crippen molar-refractivity contribution in [3.8, 4) is 0 Å². The number of methoxy groups -OCH3 is 1. The van der Waals surface area contributed by atoms with E-state index in [1.54, 1.807) is 4.90 Å². The van der Waals surface area contributed by atoms with Crippen LogP contribution in [-0.2, 0) is 9.47 Å². The van der Waals surface area contributed by atoms with Crippen LogP contribution in [0.1, 0.15) is 24.5 Å². The number of hydrogen-bond donors (Lipinski definition) is 0. The summed E-state index contributed by atoms with van der Waals surface area (Å²) >= 11 is 0. The summed E-state index contributed by atoms with van der Waals surface area (Å²) in [4.78, 5) is 13.5. The SMILES string of the molecule is COC(=O)N1C[C@@H](c2ccccc2)O[C@@H](C2CC2)C1. The molecule has 4 heteroatoms. The summed E-state index contributed by atoms with van der Waals surface area (Å²) < 4.78 is 11.0. The van der Waals surface area contributed by atoms with Gasteiger partial charge < -0.3 is 14.4 Å². The van der Waals surface area contributed by atoms with Gasteiger partial charge in [0, 0.05) is 0 Å². The number of hydrogen-bond acceptors (Lipinski definition) is 3. The first kappa shape index (κ1) is 12.5. The van der Waals surface area contributed by atoms with Crippen LogP contribution in [0.15, 0.2) is 30.3 Å². The smallest absolute Gasteiger partial charge is 0.409 e. The van der Waals surface area contributed by atoms with E-state index < -0.39 is 0 Å². The minimum absolute atomic E-state index is 0.0420. The maximum absolute atomic E-state index is 11.8. The Morgan fingerprint density at radius 3 is 2.63 bits per heavy atom. The fraction of sp³-hybridized carbons (Fsp3) is 0.533. The largest absolute Gasteiger partial charge is 0.453 e. The third kappa shape index (κ3) is 2.73. The number of nitrogens with zero attached hydrogens (tertiary/aromatic N) is 1. The monoisotopic (exact) mass is 261 g/mol. The Morgan fingerprint density at radius 2 is 2.00 bits per heavy atom. The molecule has 2 aliphatic rings. The van der Waals surface area contributed by atoms with E-state index in [4.69, 9.17) is 9.47 Å². The lowest BCUT2D eigenvalue weighted by molar-refractivity contribution is -0.0896. The quantitative estimate of drug-likeness (QED) is 0.821. The molecule has 1 saturated heterocycles. The fourth-order valence-electron chi connectivity index (χ4n) is 2.65. The van der Waals surface area contributed by atoms with E-state index in [1.807, 2.05) is 18.2 Å². The molecule has 0 spiro atoms. The second kappa shape index (κ2) is 5.21. The first-order valence-electron chi connectivity index (χ1n) is 6.81. The van der Waals surface area contributed by atoms with Crippen LogP contribution in [0.25, 0.3) is 0 Å². The van der Waals surface area contributed by atoms with Crippen LogP contribution in [0.4, 0.5) is 4.79 Å². The van der Waals surface area contributed by atoms with Gasteiger partial charge in [-0.3, -0.25) is 0 Å². The molecule has 0 aromatic heterocycles. The Labute approximate surface area is 113 Å². The summed E-state index contributed by atoms with van der Waals surface area (Å²) in [6.45, 7) is 1.22. The Kier molecular flexibility index (Phi) is 3.42. The molecule has 1 aliphatic carbocycles. The maximum atomic E-state index is 11.8. The summed E-state index contributed by atoms with van der Waals surface area (Å²) in [7, 11) is 1.43. The number of ether oxygens (including phenoxy) is 2. The Morgan fingerprint density at radius 1 is 1.26 bits per heavy atom. The molecule has 1 saturated carbocycles. The molecule has 1 heterocycles. The highest BCUT2D eigenvalue weighted by molar-refractivity contribution is 5.67. The second-order valence-electron chi connectivity index (χ2n) is 5.29. The molecule has 3 rings (SSSR count). The first-order chi connectivity index (χ1) is 9.28. The van der Waals surface area contributed by atoms with Crippen molar-refractivity contribution in [1.82, 2.24) is 4.90 Å². The summed E-state index contributed by atoms with van der Waals surface area (Å²) in [5, 5.41) is 0. The molecular formula is C15H19NO3. The van der Waals surface area contributed by atoms with Crippen molar-refractivity contribution >= 4 is 6.09 Å². The number of morpholine rings is 1. The van der Waals surface area contributed by atoms with E-state index in [-0.39, 0.29) is 18.3 Å². The molecule has 0 N–H and O–H groups in total. The van der Waals surface area contributed by atoms with Crippen LogP contribution < -0.4 is 0 Å². The molecule has 1 aromatic rings. The van der Waals surface area contributed by atoms with Gasteiger partial charge in [-0.25, -0.2) is 4.79 Å². The summed E-state index contributed by atoms with van der Waals surface area (Å²) in [5.41, 5.74) is 1.13. The van der Waals surface area contributed by atoms with Crippen molar-refractivity contribution in [1.29, 1.82) is 0 Å². The molecule has 19 heavy (non-hydrogen) atoms. The van der Waals surface area contributed by atoms with Crippen molar-refractivity contribution in [2.24, 2.45) is 5.92 Å². The lowest BCUT2D eigenvalue weighted by Crippen LogP contribution is -2.47. The van der Waals surface area contributed by atoms with Crippen molar-refractivity contribution in [2.75, 3.05) is 20.2 Å². The number of carbonyl (C=O) groups excluding carboxylic acids is 1. The third-order valence-electron chi connectivity index (χ3n) is 3.88. The highest BCUT2D eigenvalue weighted by atomic mass is 16.5. The molecule has 0 bridgehead atoms. The van der Waals surface area contributed by atoms with Crippen LogP contribution in [0, 0.1) is 5.92 Å². The van der Waals surface area contributed by atoms with E-state index >= 15 is 0 Å². The van der Waals surface area contributed by atoms with E-state index in [9.17, 15) is 4.79 Å². The van der Waals surface area contributed by atoms with Crippen molar-refractivity contribution in [2.45, 2.75) is 25.0 Å². The van der Waals surface area contributed by atoms with Gasteiger partial charge in [0.2, 0.25) is 0 Å². The van der Waals surface area contributed by atoms with Crippen LogP contribution in [0.2, 0.25) is 0 Å². The zero-order chi connectivity index (χ0) is 13.2. The molecular weight excluding hydrogens is 242 g/mol. The van der Waals surface area contributed by atoms with Gasteiger partial charge in [0.25, 0.3) is 0 Å². The van der Waals surface area contributed by atoms with Gasteiger partial charge in [0.1, 0.15) is 6.10 Å². The Hall–Kier alpha value is -1.55. The predicted octanol–water partition coefficient (Wildman–Crippen LogP) is 2.60. The Balaban J connectivity index is 1.77. The van der Waals surface area contributed by atoms with Gasteiger partial charge in [-0.15, -0.1) is 0 Å². The highest BCUT2D eigenvalue weighted by Gasteiger charge is 2.40. The third-order valence-corrected chi connectivity index (χ3v) is 3.88. The number of amides is 1. The molecule has 1 aliphatic heterocycles. The van der Waals surface area contributed by atoms with Gasteiger partial charge in [-0.1, -0.05) is 30.3 Å². The van der Waals surface area contributed by atoms with Gasteiger partial charge in [-0.2, -0.15) is 0 Å². The minimum Gasteiger partial charge on any atom is -0.453 e. The second-order valence-corrected chi connectivity index (χ2v) is 5.29. The molecule has 1 amide bonds. The molecule has 2 atom stereocenters. The molecule has 1 aromatic carbocycles. The molecule has 0 radical (unpaired) electrons. The van der Waals surface area contributed by atoms with Gasteiger partial charge in [0.15, 0.2) is 0 Å². The molecule has 4 nitrogen and oxygen atoms in total. The van der Waals surface area contributed by atoms with E-state index in [0.717, 1.165) is 5.56 Å². The van der Waals surface area contributed by atoms with E-state index in [1.165, 1.54) is 20.0 Å². The zero-order valence-corrected chi connectivity index (χ0v) is 11.1. The van der Waals surface area contributed by atoms with Crippen molar-refractivity contribution < 1.29 is 14.3 Å². The summed E-state index contributed by atoms with van der Waals surface area (Å²) in [6, 6.07) is 10.1. The lowest BCUT2D eigenvalue weighted by Gasteiger charge is -2.37. The zero-order valence-electron chi connectivity index (χ0n) is 11.1. The van der Waals surface area contributed by atoms with Crippen LogP contribution >= 0.6 is 0 Å². The lowest BCUT2D eigenvalue weighted by atomic mass is 10.1. The van der Waals surface area contributed by atoms with E-state index in [2.05, 4.69) is 12.1 Å². The molecule has 102 valence electrons. The van der Waals surface area contributed by atoms with Crippen LogP contribution in [-0.4, -0.2) is 37.3 Å². The predicted molar refractivity (Wildman–Crippen MR) is 70.8 cm³/mol. The minimum atomic E-state index is -0.255. The van der Waals surface area contributed by atoms with E-state index in [0.29, 0.717) is 19.0 Å². The molecule has 0 unspecified atom stereocenters. The average molecular weight is 261 g/mol. The first-order valence-corrected chi connectivity index (χ1v) is 6.81. The van der Waals surface area contributed by atoms with Gasteiger partial charge in [0.05, 0.1) is 26.3 Å². The van der Waals surface area contributed by atoms with Crippen LogP contribution in [0.5, 0.6) is 0 Å². The van der Waals surface area contributed by atoms with Crippen molar-refractivity contribution in [3.63, 3.8) is 0 Å². The van der Waals surface area contributed by atoms with Crippen LogP contribution in [0.3, 0.4) is 0 Å². The standard InChI is InChI=1S/C15H19NO3/c1-18-15(17)16-9-13(11-5-3-2-4-6-11)19-14(10-16)12-7-8-12/h2-6,12-14H,7-10H2,1H3/t13-,14+/m0/s1. The van der Waals surface area contributed by atoms with Crippen molar-refractivity contribution in [3.05, 3.63) is 35.9 Å². The van der Waals surface area contributed by atoms with Gasteiger partial charge >= 0.3 is 6.09 Å². The summed E-state index contributed by atoms with van der Waals surface area (Å²) in [6.07, 6.45) is 2.27. The molecule has 2 fully saturated rings. The normalized spacial score (nSPS) is 27.1. The average Bonchev–Trinajstić information content (AvgIpc) is 3.31. The number of benzene rings is 1. The highest BCUT2D eigenvalue weighted by Crippen LogP contribution is 2.39. The number of carbonyl (C=O) groups is 1. The topological polar surface area (TPSA) is 38.8 Å². The van der Waals surface area contributed by atoms with Gasteiger partial charge in [-0.05, 0) is 24.3 Å². The fourth-order valence-corrected chi connectivity index (χ4v) is 2.65. The summed E-state index contributed by atoms with van der Waals surface area (Å²) in [5.74, 6) is 0.610. The maximum Gasteiger partial charge on any atom is 0.409 e. The number of rotatable bonds is 2.